The standard InChI is InChI=1S/C14H22ClNO/c1-5-16(9-10(2)3)14-7-6-12(11(4)17)8-13(14)15/h6-8,10-11,17H,5,9H2,1-4H3/t11-/m1/s1. The predicted molar refractivity (Wildman–Crippen MR) is 74.8 cm³/mol. The zero-order valence-electron chi connectivity index (χ0n) is 11.1. The lowest BCUT2D eigenvalue weighted by molar-refractivity contribution is 0.199. The van der Waals surface area contributed by atoms with Gasteiger partial charge in [0.15, 0.2) is 0 Å². The van der Waals surface area contributed by atoms with Crippen LogP contribution in [0.15, 0.2) is 18.2 Å². The summed E-state index contributed by atoms with van der Waals surface area (Å²) in [6.45, 7) is 10.2. The highest BCUT2D eigenvalue weighted by Crippen LogP contribution is 2.29. The summed E-state index contributed by atoms with van der Waals surface area (Å²) < 4.78 is 0. The summed E-state index contributed by atoms with van der Waals surface area (Å²) in [6.07, 6.45) is -0.471. The van der Waals surface area contributed by atoms with Crippen LogP contribution in [0.3, 0.4) is 0 Å². The zero-order chi connectivity index (χ0) is 13.0. The monoisotopic (exact) mass is 255 g/mol. The second kappa shape index (κ2) is 6.27. The molecule has 96 valence electrons. The average molecular weight is 256 g/mol. The molecule has 1 N–H and O–H groups in total. The molecule has 0 fully saturated rings. The number of halogens is 1. The second-order valence-electron chi connectivity index (χ2n) is 4.82. The van der Waals surface area contributed by atoms with E-state index in [4.69, 9.17) is 11.6 Å². The molecule has 0 spiro atoms. The van der Waals surface area contributed by atoms with Gasteiger partial charge in [0.1, 0.15) is 0 Å². The first-order chi connectivity index (χ1) is 7.95. The fourth-order valence-corrected chi connectivity index (χ4v) is 2.19. The summed E-state index contributed by atoms with van der Waals surface area (Å²) in [6, 6.07) is 5.79. The molecule has 0 aromatic heterocycles. The first-order valence-corrected chi connectivity index (χ1v) is 6.56. The van der Waals surface area contributed by atoms with Gasteiger partial charge in [-0.3, -0.25) is 0 Å². The van der Waals surface area contributed by atoms with E-state index in [2.05, 4.69) is 25.7 Å². The number of anilines is 1. The summed E-state index contributed by atoms with van der Waals surface area (Å²) in [5, 5.41) is 10.2. The molecule has 0 amide bonds. The van der Waals surface area contributed by atoms with Crippen LogP contribution in [0.4, 0.5) is 5.69 Å². The van der Waals surface area contributed by atoms with Gasteiger partial charge in [-0.2, -0.15) is 0 Å². The summed E-state index contributed by atoms with van der Waals surface area (Å²) in [5.41, 5.74) is 1.91. The molecule has 0 saturated heterocycles. The summed E-state index contributed by atoms with van der Waals surface area (Å²) in [5.74, 6) is 0.599. The highest BCUT2D eigenvalue weighted by atomic mass is 35.5. The largest absolute Gasteiger partial charge is 0.389 e. The molecule has 17 heavy (non-hydrogen) atoms. The molecule has 0 saturated carbocycles. The Morgan fingerprint density at radius 2 is 1.94 bits per heavy atom. The molecule has 0 aliphatic rings. The summed E-state index contributed by atoms with van der Waals surface area (Å²) in [4.78, 5) is 2.26. The molecule has 0 bridgehead atoms. The van der Waals surface area contributed by atoms with Crippen LogP contribution in [0.5, 0.6) is 0 Å². The van der Waals surface area contributed by atoms with Gasteiger partial charge in [-0.25, -0.2) is 0 Å². The van der Waals surface area contributed by atoms with Crippen molar-refractivity contribution in [2.45, 2.75) is 33.8 Å². The Morgan fingerprint density at radius 3 is 2.35 bits per heavy atom. The Bertz CT molecular complexity index is 363. The van der Waals surface area contributed by atoms with Gasteiger partial charge in [0.25, 0.3) is 0 Å². The van der Waals surface area contributed by atoms with Crippen molar-refractivity contribution < 1.29 is 5.11 Å². The van der Waals surface area contributed by atoms with Crippen molar-refractivity contribution in [1.82, 2.24) is 0 Å². The van der Waals surface area contributed by atoms with E-state index >= 15 is 0 Å². The van der Waals surface area contributed by atoms with Crippen molar-refractivity contribution in [1.29, 1.82) is 0 Å². The quantitative estimate of drug-likeness (QED) is 0.863. The van der Waals surface area contributed by atoms with E-state index in [1.807, 2.05) is 18.2 Å². The van der Waals surface area contributed by atoms with E-state index in [0.29, 0.717) is 10.9 Å². The van der Waals surface area contributed by atoms with Gasteiger partial charge >= 0.3 is 0 Å². The summed E-state index contributed by atoms with van der Waals surface area (Å²) in [7, 11) is 0. The predicted octanol–water partition coefficient (Wildman–Crippen LogP) is 3.88. The van der Waals surface area contributed by atoms with E-state index in [-0.39, 0.29) is 0 Å². The third-order valence-electron chi connectivity index (χ3n) is 2.76. The molecular weight excluding hydrogens is 234 g/mol. The first kappa shape index (κ1) is 14.3. The fourth-order valence-electron chi connectivity index (χ4n) is 1.88. The van der Waals surface area contributed by atoms with Crippen molar-refractivity contribution in [3.63, 3.8) is 0 Å². The maximum Gasteiger partial charge on any atom is 0.0762 e. The Balaban J connectivity index is 2.96. The minimum Gasteiger partial charge on any atom is -0.389 e. The van der Waals surface area contributed by atoms with Crippen molar-refractivity contribution in [3.8, 4) is 0 Å². The Hall–Kier alpha value is -0.730. The number of rotatable bonds is 5. The van der Waals surface area contributed by atoms with Crippen LogP contribution in [-0.2, 0) is 0 Å². The van der Waals surface area contributed by atoms with Crippen molar-refractivity contribution in [2.24, 2.45) is 5.92 Å². The third kappa shape index (κ3) is 3.90. The van der Waals surface area contributed by atoms with Crippen molar-refractivity contribution in [3.05, 3.63) is 28.8 Å². The van der Waals surface area contributed by atoms with E-state index < -0.39 is 6.10 Å². The number of benzene rings is 1. The smallest absolute Gasteiger partial charge is 0.0762 e. The lowest BCUT2D eigenvalue weighted by Crippen LogP contribution is -2.27. The molecule has 0 aliphatic carbocycles. The van der Waals surface area contributed by atoms with Crippen LogP contribution in [0, 0.1) is 5.92 Å². The average Bonchev–Trinajstić information content (AvgIpc) is 2.25. The molecule has 1 aromatic carbocycles. The van der Waals surface area contributed by atoms with Gasteiger partial charge < -0.3 is 10.0 Å². The van der Waals surface area contributed by atoms with Gasteiger partial charge in [0, 0.05) is 13.1 Å². The number of hydrogen-bond acceptors (Lipinski definition) is 2. The SMILES string of the molecule is CCN(CC(C)C)c1ccc([C@@H](C)O)cc1Cl. The topological polar surface area (TPSA) is 23.5 Å². The molecule has 3 heteroatoms. The Kier molecular flexibility index (Phi) is 5.29. The Morgan fingerprint density at radius 1 is 1.29 bits per heavy atom. The van der Waals surface area contributed by atoms with Gasteiger partial charge in [-0.05, 0) is 37.5 Å². The lowest BCUT2D eigenvalue weighted by Gasteiger charge is -2.26. The molecule has 1 atom stereocenters. The van der Waals surface area contributed by atoms with E-state index in [1.54, 1.807) is 6.92 Å². The van der Waals surface area contributed by atoms with Crippen LogP contribution >= 0.6 is 11.6 Å². The number of hydrogen-bond donors (Lipinski definition) is 1. The highest BCUT2D eigenvalue weighted by Gasteiger charge is 2.12. The van der Waals surface area contributed by atoms with Crippen molar-refractivity contribution >= 4 is 17.3 Å². The normalized spacial score (nSPS) is 12.9. The van der Waals surface area contributed by atoms with E-state index in [9.17, 15) is 5.11 Å². The lowest BCUT2D eigenvalue weighted by atomic mass is 10.1. The molecule has 0 radical (unpaired) electrons. The van der Waals surface area contributed by atoms with Crippen LogP contribution in [0.1, 0.15) is 39.4 Å². The molecule has 0 heterocycles. The molecule has 0 aliphatic heterocycles. The van der Waals surface area contributed by atoms with E-state index in [1.165, 1.54) is 0 Å². The molecule has 2 nitrogen and oxygen atoms in total. The zero-order valence-corrected chi connectivity index (χ0v) is 11.8. The van der Waals surface area contributed by atoms with Gasteiger partial charge in [0.2, 0.25) is 0 Å². The second-order valence-corrected chi connectivity index (χ2v) is 5.23. The van der Waals surface area contributed by atoms with E-state index in [0.717, 1.165) is 24.3 Å². The van der Waals surface area contributed by atoms with Gasteiger partial charge in [0.05, 0.1) is 16.8 Å². The fraction of sp³-hybridized carbons (Fsp3) is 0.571. The Labute approximate surface area is 109 Å². The minimum atomic E-state index is -0.471. The van der Waals surface area contributed by atoms with Crippen LogP contribution < -0.4 is 4.90 Å². The summed E-state index contributed by atoms with van der Waals surface area (Å²) >= 11 is 6.28. The minimum absolute atomic E-state index is 0.471. The number of aliphatic hydroxyl groups excluding tert-OH is 1. The first-order valence-electron chi connectivity index (χ1n) is 6.18. The maximum absolute atomic E-state index is 9.51. The van der Waals surface area contributed by atoms with Crippen LogP contribution in [0.25, 0.3) is 0 Å². The van der Waals surface area contributed by atoms with Crippen LogP contribution in [-0.4, -0.2) is 18.2 Å². The van der Waals surface area contributed by atoms with Gasteiger partial charge in [-0.1, -0.05) is 31.5 Å². The highest BCUT2D eigenvalue weighted by molar-refractivity contribution is 6.33. The van der Waals surface area contributed by atoms with Crippen molar-refractivity contribution in [2.75, 3.05) is 18.0 Å². The van der Waals surface area contributed by atoms with Crippen LogP contribution in [0.2, 0.25) is 5.02 Å². The number of aliphatic hydroxyl groups is 1. The molecule has 1 rings (SSSR count). The molecule has 1 aromatic rings. The molecular formula is C14H22ClNO. The van der Waals surface area contributed by atoms with Gasteiger partial charge in [-0.15, -0.1) is 0 Å². The maximum atomic E-state index is 9.51. The third-order valence-corrected chi connectivity index (χ3v) is 3.06. The molecule has 0 unspecified atom stereocenters. The number of nitrogens with zero attached hydrogens (tertiary/aromatic N) is 1.